The fraction of sp³-hybridized carbons (Fsp3) is 0. The van der Waals surface area contributed by atoms with Crippen molar-refractivity contribution in [1.82, 2.24) is 5.32 Å². The number of anilines is 1. The lowest BCUT2D eigenvalue weighted by Gasteiger charge is -2.10. The van der Waals surface area contributed by atoms with Gasteiger partial charge in [0.2, 0.25) is 0 Å². The number of amides is 1. The number of benzene rings is 2. The van der Waals surface area contributed by atoms with Gasteiger partial charge < -0.3 is 5.32 Å². The molecular weight excluding hydrogens is 276 g/mol. The maximum absolute atomic E-state index is 12.0. The molecule has 0 fully saturated rings. The Labute approximate surface area is 122 Å². The van der Waals surface area contributed by atoms with E-state index in [1.165, 1.54) is 0 Å². The van der Waals surface area contributed by atoms with Crippen molar-refractivity contribution in [1.29, 1.82) is 0 Å². The van der Waals surface area contributed by atoms with E-state index in [0.717, 1.165) is 5.69 Å². The van der Waals surface area contributed by atoms with Gasteiger partial charge in [0.25, 0.3) is 5.91 Å². The van der Waals surface area contributed by atoms with Gasteiger partial charge in [0, 0.05) is 10.6 Å². The highest BCUT2D eigenvalue weighted by Gasteiger charge is 2.10. The maximum Gasteiger partial charge on any atom is 0.258 e. The first-order valence-corrected chi connectivity index (χ1v) is 6.48. The molecule has 0 aliphatic rings. The summed E-state index contributed by atoms with van der Waals surface area (Å²) >= 11 is 9.32. The van der Waals surface area contributed by atoms with E-state index in [2.05, 4.69) is 23.3 Å². The lowest BCUT2D eigenvalue weighted by Crippen LogP contribution is -2.34. The number of para-hydroxylation sites is 1. The van der Waals surface area contributed by atoms with Crippen molar-refractivity contribution in [2.75, 3.05) is 5.32 Å². The number of hydrogen-bond donors (Lipinski definition) is 3. The van der Waals surface area contributed by atoms with Gasteiger partial charge in [0.05, 0.1) is 5.56 Å². The summed E-state index contributed by atoms with van der Waals surface area (Å²) in [6.07, 6.45) is 0. The molecule has 0 aromatic heterocycles. The molecule has 2 N–H and O–H groups in total. The summed E-state index contributed by atoms with van der Waals surface area (Å²) in [5, 5.41) is 5.81. The third-order valence-electron chi connectivity index (χ3n) is 2.41. The van der Waals surface area contributed by atoms with Gasteiger partial charge >= 0.3 is 0 Å². The third-order valence-corrected chi connectivity index (χ3v) is 3.00. The molecule has 5 heteroatoms. The molecule has 0 radical (unpaired) electrons. The Balaban J connectivity index is 2.00. The molecule has 19 heavy (non-hydrogen) atoms. The van der Waals surface area contributed by atoms with Crippen molar-refractivity contribution < 1.29 is 4.79 Å². The van der Waals surface area contributed by atoms with Gasteiger partial charge in [0.1, 0.15) is 0 Å². The average Bonchev–Trinajstić information content (AvgIpc) is 2.40. The molecule has 0 unspecified atom stereocenters. The predicted octanol–water partition coefficient (Wildman–Crippen LogP) is 3.10. The van der Waals surface area contributed by atoms with E-state index in [0.29, 0.717) is 10.5 Å². The molecule has 2 aromatic carbocycles. The fourth-order valence-electron chi connectivity index (χ4n) is 1.52. The minimum Gasteiger partial charge on any atom is -0.332 e. The second-order valence-corrected chi connectivity index (χ2v) is 4.68. The van der Waals surface area contributed by atoms with Crippen LogP contribution in [-0.4, -0.2) is 11.0 Å². The van der Waals surface area contributed by atoms with Gasteiger partial charge in [0.15, 0.2) is 5.11 Å². The Bertz CT molecular complexity index is 599. The number of nitrogens with one attached hydrogen (secondary N) is 2. The van der Waals surface area contributed by atoms with E-state index in [1.807, 2.05) is 36.4 Å². The zero-order valence-corrected chi connectivity index (χ0v) is 11.7. The number of hydrogen-bond acceptors (Lipinski definition) is 3. The molecule has 0 aliphatic carbocycles. The van der Waals surface area contributed by atoms with E-state index < -0.39 is 0 Å². The summed E-state index contributed by atoms with van der Waals surface area (Å²) in [5.41, 5.74) is 1.31. The summed E-state index contributed by atoms with van der Waals surface area (Å²) in [5.74, 6) is -0.279. The highest BCUT2D eigenvalue weighted by atomic mass is 32.1. The van der Waals surface area contributed by atoms with E-state index in [-0.39, 0.29) is 11.0 Å². The smallest absolute Gasteiger partial charge is 0.258 e. The van der Waals surface area contributed by atoms with Gasteiger partial charge in [-0.3, -0.25) is 10.1 Å². The van der Waals surface area contributed by atoms with Crippen molar-refractivity contribution in [3.05, 3.63) is 60.2 Å². The second-order valence-electron chi connectivity index (χ2n) is 3.79. The Hall–Kier alpha value is -1.85. The average molecular weight is 288 g/mol. The molecule has 3 nitrogen and oxygen atoms in total. The zero-order chi connectivity index (χ0) is 13.7. The van der Waals surface area contributed by atoms with Crippen LogP contribution in [0.5, 0.6) is 0 Å². The number of carbonyl (C=O) groups is 1. The van der Waals surface area contributed by atoms with Crippen LogP contribution >= 0.6 is 24.8 Å². The van der Waals surface area contributed by atoms with Crippen LogP contribution in [-0.2, 0) is 0 Å². The molecule has 0 bridgehead atoms. The van der Waals surface area contributed by atoms with Crippen LogP contribution in [0.3, 0.4) is 0 Å². The quantitative estimate of drug-likeness (QED) is 0.587. The Morgan fingerprint density at radius 2 is 1.63 bits per heavy atom. The molecule has 0 saturated heterocycles. The minimum atomic E-state index is -0.279. The third kappa shape index (κ3) is 3.81. The van der Waals surface area contributed by atoms with Gasteiger partial charge in [-0.2, -0.15) is 0 Å². The number of thiocarbonyl (C=S) groups is 1. The van der Waals surface area contributed by atoms with Crippen molar-refractivity contribution in [3.8, 4) is 0 Å². The van der Waals surface area contributed by atoms with Gasteiger partial charge in [-0.1, -0.05) is 30.3 Å². The number of thiol groups is 1. The summed E-state index contributed by atoms with van der Waals surface area (Å²) in [6, 6.07) is 16.5. The topological polar surface area (TPSA) is 41.1 Å². The minimum absolute atomic E-state index is 0.257. The van der Waals surface area contributed by atoms with Gasteiger partial charge in [-0.15, -0.1) is 12.6 Å². The number of carbonyl (C=O) groups excluding carboxylic acids is 1. The Morgan fingerprint density at radius 3 is 2.32 bits per heavy atom. The largest absolute Gasteiger partial charge is 0.332 e. The summed E-state index contributed by atoms with van der Waals surface area (Å²) in [6.45, 7) is 0. The highest BCUT2D eigenvalue weighted by Crippen LogP contribution is 2.12. The molecule has 0 heterocycles. The molecule has 0 spiro atoms. The molecule has 1 amide bonds. The predicted molar refractivity (Wildman–Crippen MR) is 83.8 cm³/mol. The zero-order valence-electron chi connectivity index (χ0n) is 9.96. The molecular formula is C14H12N2OS2. The first-order valence-electron chi connectivity index (χ1n) is 5.62. The van der Waals surface area contributed by atoms with E-state index >= 15 is 0 Å². The standard InChI is InChI=1S/C14H12N2OS2/c17-13(11-8-4-5-9-12(11)18)16-14(19)15-10-6-2-1-3-7-10/h1-9,18H,(H2,15,16,17,19). The van der Waals surface area contributed by atoms with E-state index in [9.17, 15) is 4.79 Å². The van der Waals surface area contributed by atoms with Gasteiger partial charge in [-0.05, 0) is 36.5 Å². The maximum atomic E-state index is 12.0. The normalized spacial score (nSPS) is 9.74. The van der Waals surface area contributed by atoms with Crippen molar-refractivity contribution in [2.45, 2.75) is 4.90 Å². The van der Waals surface area contributed by atoms with E-state index in [1.54, 1.807) is 18.2 Å². The van der Waals surface area contributed by atoms with Crippen LogP contribution in [0.1, 0.15) is 10.4 Å². The molecule has 0 atom stereocenters. The SMILES string of the molecule is O=C(NC(=S)Nc1ccccc1)c1ccccc1S. The lowest BCUT2D eigenvalue weighted by atomic mass is 10.2. The summed E-state index contributed by atoms with van der Waals surface area (Å²) in [4.78, 5) is 12.6. The highest BCUT2D eigenvalue weighted by molar-refractivity contribution is 7.80. The first-order chi connectivity index (χ1) is 9.16. The molecule has 0 saturated carbocycles. The Kier molecular flexibility index (Phi) is 4.54. The van der Waals surface area contributed by atoms with Crippen LogP contribution in [0.25, 0.3) is 0 Å². The molecule has 2 aromatic rings. The van der Waals surface area contributed by atoms with Crippen LogP contribution < -0.4 is 10.6 Å². The van der Waals surface area contributed by atoms with Crippen LogP contribution in [0.4, 0.5) is 5.69 Å². The van der Waals surface area contributed by atoms with Crippen molar-refractivity contribution in [2.24, 2.45) is 0 Å². The van der Waals surface area contributed by atoms with Crippen molar-refractivity contribution in [3.63, 3.8) is 0 Å². The van der Waals surface area contributed by atoms with Crippen LogP contribution in [0.2, 0.25) is 0 Å². The van der Waals surface area contributed by atoms with Gasteiger partial charge in [-0.25, -0.2) is 0 Å². The molecule has 96 valence electrons. The first kappa shape index (κ1) is 13.6. The van der Waals surface area contributed by atoms with Crippen molar-refractivity contribution >= 4 is 41.6 Å². The van der Waals surface area contributed by atoms with E-state index in [4.69, 9.17) is 12.2 Å². The fourth-order valence-corrected chi connectivity index (χ4v) is 1.99. The lowest BCUT2D eigenvalue weighted by molar-refractivity contribution is 0.0975. The summed E-state index contributed by atoms with van der Waals surface area (Å²) in [7, 11) is 0. The molecule has 2 rings (SSSR count). The summed E-state index contributed by atoms with van der Waals surface area (Å²) < 4.78 is 0. The van der Waals surface area contributed by atoms with Crippen LogP contribution in [0, 0.1) is 0 Å². The molecule has 0 aliphatic heterocycles. The monoisotopic (exact) mass is 288 g/mol. The Morgan fingerprint density at radius 1 is 1.00 bits per heavy atom. The second kappa shape index (κ2) is 6.36. The van der Waals surface area contributed by atoms with Crippen LogP contribution in [0.15, 0.2) is 59.5 Å². The number of rotatable bonds is 2.